The summed E-state index contributed by atoms with van der Waals surface area (Å²) in [6, 6.07) is 12.2. The molecule has 1 aromatic heterocycles. The number of amides is 2. The monoisotopic (exact) mass is 483 g/mol. The van der Waals surface area contributed by atoms with Gasteiger partial charge in [0.2, 0.25) is 17.6 Å². The molecule has 2 atom stereocenters. The second-order valence-electron chi connectivity index (χ2n) is 8.48. The van der Waals surface area contributed by atoms with Crippen LogP contribution in [-0.4, -0.2) is 61.4 Å². The summed E-state index contributed by atoms with van der Waals surface area (Å²) >= 11 is 0. The van der Waals surface area contributed by atoms with Crippen molar-refractivity contribution in [1.82, 2.24) is 15.6 Å². The van der Waals surface area contributed by atoms with E-state index in [0.29, 0.717) is 23.7 Å². The Bertz CT molecular complexity index is 1120. The summed E-state index contributed by atoms with van der Waals surface area (Å²) in [5.41, 5.74) is 1.87. The molecule has 0 saturated carbocycles. The number of aromatic amines is 1. The minimum Gasteiger partial charge on any atom is -0.493 e. The van der Waals surface area contributed by atoms with Crippen molar-refractivity contribution in [2.24, 2.45) is 5.92 Å². The molecular formula is C26H33N3O6. The molecule has 0 aliphatic heterocycles. The van der Waals surface area contributed by atoms with Crippen molar-refractivity contribution in [2.75, 3.05) is 27.4 Å². The quantitative estimate of drug-likeness (QED) is 0.314. The maximum Gasteiger partial charge on any atom is 0.243 e. The van der Waals surface area contributed by atoms with Crippen LogP contribution < -0.4 is 24.8 Å². The number of fused-ring (bicyclic) bond motifs is 1. The first-order valence-corrected chi connectivity index (χ1v) is 11.5. The van der Waals surface area contributed by atoms with Crippen LogP contribution in [0.5, 0.6) is 17.2 Å². The number of aliphatic hydroxyl groups is 1. The van der Waals surface area contributed by atoms with E-state index in [2.05, 4.69) is 15.6 Å². The van der Waals surface area contributed by atoms with Crippen molar-refractivity contribution in [2.45, 2.75) is 32.4 Å². The number of hydrogen-bond donors (Lipinski definition) is 4. The Morgan fingerprint density at radius 3 is 2.34 bits per heavy atom. The molecule has 1 heterocycles. The van der Waals surface area contributed by atoms with Gasteiger partial charge in [-0.15, -0.1) is 0 Å². The van der Waals surface area contributed by atoms with Crippen molar-refractivity contribution in [3.63, 3.8) is 0 Å². The van der Waals surface area contributed by atoms with E-state index in [4.69, 9.17) is 14.2 Å². The van der Waals surface area contributed by atoms with Crippen molar-refractivity contribution < 1.29 is 28.9 Å². The third kappa shape index (κ3) is 6.66. The van der Waals surface area contributed by atoms with Crippen LogP contribution >= 0.6 is 0 Å². The summed E-state index contributed by atoms with van der Waals surface area (Å²) in [5.74, 6) is 0.411. The van der Waals surface area contributed by atoms with Crippen LogP contribution in [0, 0.1) is 5.92 Å². The summed E-state index contributed by atoms with van der Waals surface area (Å²) < 4.78 is 16.3. The number of carbonyl (C=O) groups excluding carboxylic acids is 2. The number of aliphatic hydroxyl groups excluding tert-OH is 1. The Labute approximate surface area is 204 Å². The first-order chi connectivity index (χ1) is 16.8. The predicted molar refractivity (Wildman–Crippen MR) is 133 cm³/mol. The number of aromatic nitrogens is 1. The minimum atomic E-state index is -0.997. The van der Waals surface area contributed by atoms with E-state index in [-0.39, 0.29) is 25.0 Å². The second kappa shape index (κ2) is 12.1. The van der Waals surface area contributed by atoms with Gasteiger partial charge >= 0.3 is 0 Å². The maximum absolute atomic E-state index is 13.0. The van der Waals surface area contributed by atoms with E-state index in [0.717, 1.165) is 16.5 Å². The smallest absolute Gasteiger partial charge is 0.243 e. The van der Waals surface area contributed by atoms with E-state index >= 15 is 0 Å². The van der Waals surface area contributed by atoms with E-state index in [1.54, 1.807) is 32.0 Å². The van der Waals surface area contributed by atoms with Gasteiger partial charge in [-0.25, -0.2) is 0 Å². The molecule has 9 heteroatoms. The molecule has 0 saturated heterocycles. The Hall–Kier alpha value is -3.72. The maximum atomic E-state index is 13.0. The Kier molecular flexibility index (Phi) is 8.97. The molecular weight excluding hydrogens is 450 g/mol. The molecule has 188 valence electrons. The molecule has 0 spiro atoms. The number of carbonyl (C=O) groups is 2. The SMILES string of the molecule is COc1cccc(OC)c1OCC(O)CNC(=O)C(Cc1c[nH]c2ccccc12)NC(=O)C(C)C. The Balaban J connectivity index is 1.63. The largest absolute Gasteiger partial charge is 0.493 e. The molecule has 0 aliphatic rings. The highest BCUT2D eigenvalue weighted by Gasteiger charge is 2.24. The number of para-hydroxylation sites is 2. The van der Waals surface area contributed by atoms with Crippen molar-refractivity contribution in [3.8, 4) is 17.2 Å². The van der Waals surface area contributed by atoms with Gasteiger partial charge in [0.1, 0.15) is 18.8 Å². The van der Waals surface area contributed by atoms with Gasteiger partial charge < -0.3 is 34.9 Å². The summed E-state index contributed by atoms with van der Waals surface area (Å²) in [7, 11) is 3.02. The molecule has 0 fully saturated rings. The standard InChI is InChI=1S/C26H33N3O6/c1-16(2)25(31)29-21(12-17-13-27-20-9-6-5-8-19(17)20)26(32)28-14-18(30)15-35-24-22(33-3)10-7-11-23(24)34-4/h5-11,13,16,18,21,27,30H,12,14-15H2,1-4H3,(H,28,32)(H,29,31). The number of H-pyrrole nitrogens is 1. The molecule has 3 rings (SSSR count). The lowest BCUT2D eigenvalue weighted by atomic mass is 10.0. The van der Waals surface area contributed by atoms with Crippen LogP contribution in [-0.2, 0) is 16.0 Å². The van der Waals surface area contributed by atoms with Crippen LogP contribution in [0.3, 0.4) is 0 Å². The number of methoxy groups -OCH3 is 2. The molecule has 0 radical (unpaired) electrons. The zero-order valence-corrected chi connectivity index (χ0v) is 20.5. The number of benzene rings is 2. The molecule has 2 aromatic carbocycles. The summed E-state index contributed by atoms with van der Waals surface area (Å²) in [6.45, 7) is 3.38. The van der Waals surface area contributed by atoms with Crippen molar-refractivity contribution in [3.05, 3.63) is 54.2 Å². The Morgan fingerprint density at radius 1 is 1.00 bits per heavy atom. The van der Waals surface area contributed by atoms with Crippen molar-refractivity contribution >= 4 is 22.7 Å². The highest BCUT2D eigenvalue weighted by molar-refractivity contribution is 5.90. The molecule has 2 unspecified atom stereocenters. The number of ether oxygens (including phenoxy) is 3. The van der Waals surface area contributed by atoms with Crippen LogP contribution in [0.1, 0.15) is 19.4 Å². The molecule has 2 amide bonds. The molecule has 4 N–H and O–H groups in total. The molecule has 0 bridgehead atoms. The van der Waals surface area contributed by atoms with E-state index in [9.17, 15) is 14.7 Å². The normalized spacial score (nSPS) is 12.7. The van der Waals surface area contributed by atoms with E-state index in [1.807, 2.05) is 30.5 Å². The van der Waals surface area contributed by atoms with Gasteiger partial charge in [0.25, 0.3) is 0 Å². The molecule has 9 nitrogen and oxygen atoms in total. The Morgan fingerprint density at radius 2 is 1.69 bits per heavy atom. The van der Waals surface area contributed by atoms with Gasteiger partial charge in [0, 0.05) is 36.0 Å². The number of hydrogen-bond acceptors (Lipinski definition) is 6. The fourth-order valence-corrected chi connectivity index (χ4v) is 3.61. The summed E-state index contributed by atoms with van der Waals surface area (Å²) in [5, 5.41) is 17.0. The lowest BCUT2D eigenvalue weighted by molar-refractivity contribution is -0.130. The van der Waals surface area contributed by atoms with Gasteiger partial charge in [-0.05, 0) is 23.8 Å². The van der Waals surface area contributed by atoms with Crippen LogP contribution in [0.25, 0.3) is 10.9 Å². The zero-order valence-electron chi connectivity index (χ0n) is 20.5. The van der Waals surface area contributed by atoms with Crippen LogP contribution in [0.2, 0.25) is 0 Å². The van der Waals surface area contributed by atoms with Gasteiger partial charge in [-0.1, -0.05) is 38.1 Å². The van der Waals surface area contributed by atoms with Gasteiger partial charge in [-0.2, -0.15) is 0 Å². The fourth-order valence-electron chi connectivity index (χ4n) is 3.61. The predicted octanol–water partition coefficient (Wildman–Crippen LogP) is 2.42. The third-order valence-electron chi connectivity index (χ3n) is 5.57. The lowest BCUT2D eigenvalue weighted by Gasteiger charge is -2.21. The summed E-state index contributed by atoms with van der Waals surface area (Å²) in [4.78, 5) is 28.6. The highest BCUT2D eigenvalue weighted by atomic mass is 16.5. The van der Waals surface area contributed by atoms with Crippen LogP contribution in [0.15, 0.2) is 48.7 Å². The van der Waals surface area contributed by atoms with Gasteiger partial charge in [0.15, 0.2) is 11.5 Å². The fraction of sp³-hybridized carbons (Fsp3) is 0.385. The van der Waals surface area contributed by atoms with E-state index < -0.39 is 18.1 Å². The molecule has 35 heavy (non-hydrogen) atoms. The minimum absolute atomic E-state index is 0.0573. The van der Waals surface area contributed by atoms with Gasteiger partial charge in [-0.3, -0.25) is 9.59 Å². The van der Waals surface area contributed by atoms with E-state index in [1.165, 1.54) is 14.2 Å². The lowest BCUT2D eigenvalue weighted by Crippen LogP contribution is -2.50. The first-order valence-electron chi connectivity index (χ1n) is 11.5. The number of rotatable bonds is 12. The summed E-state index contributed by atoms with van der Waals surface area (Å²) in [6.07, 6.45) is 1.15. The highest BCUT2D eigenvalue weighted by Crippen LogP contribution is 2.36. The average Bonchev–Trinajstić information content (AvgIpc) is 3.27. The second-order valence-corrected chi connectivity index (χ2v) is 8.48. The third-order valence-corrected chi connectivity index (χ3v) is 5.57. The molecule has 0 aliphatic carbocycles. The van der Waals surface area contributed by atoms with Crippen LogP contribution in [0.4, 0.5) is 0 Å². The molecule has 3 aromatic rings. The van der Waals surface area contributed by atoms with Crippen molar-refractivity contribution in [1.29, 1.82) is 0 Å². The average molecular weight is 484 g/mol. The number of nitrogens with one attached hydrogen (secondary N) is 3. The topological polar surface area (TPSA) is 122 Å². The zero-order chi connectivity index (χ0) is 25.4. The first kappa shape index (κ1) is 25.9. The van der Waals surface area contributed by atoms with Gasteiger partial charge in [0.05, 0.1) is 14.2 Å².